The third kappa shape index (κ3) is 4.55. The van der Waals surface area contributed by atoms with Crippen LogP contribution in [0.25, 0.3) is 0 Å². The first kappa shape index (κ1) is 16.0. The molecule has 0 aliphatic carbocycles. The quantitative estimate of drug-likeness (QED) is 0.633. The summed E-state index contributed by atoms with van der Waals surface area (Å²) in [5.74, 6) is 0.0782. The normalized spacial score (nSPS) is 16.6. The number of non-ortho nitro benzene ring substituents is 1. The fourth-order valence-electron chi connectivity index (χ4n) is 2.27. The summed E-state index contributed by atoms with van der Waals surface area (Å²) in [4.78, 5) is 10.1. The van der Waals surface area contributed by atoms with E-state index in [0.29, 0.717) is 0 Å². The van der Waals surface area contributed by atoms with E-state index < -0.39 is 14.9 Å². The fraction of sp³-hybridized carbons (Fsp3) is 0.500. The highest BCUT2D eigenvalue weighted by Gasteiger charge is 2.22. The molecule has 7 nitrogen and oxygen atoms in total. The zero-order valence-electron chi connectivity index (χ0n) is 11.2. The molecule has 21 heavy (non-hydrogen) atoms. The van der Waals surface area contributed by atoms with Gasteiger partial charge in [0.1, 0.15) is 0 Å². The molecule has 0 spiro atoms. The van der Waals surface area contributed by atoms with Crippen molar-refractivity contribution >= 4 is 33.0 Å². The molecule has 2 rings (SSSR count). The van der Waals surface area contributed by atoms with Crippen LogP contribution in [0.2, 0.25) is 5.02 Å². The van der Waals surface area contributed by atoms with E-state index in [1.807, 2.05) is 0 Å². The molecule has 2 N–H and O–H groups in total. The zero-order valence-corrected chi connectivity index (χ0v) is 12.8. The van der Waals surface area contributed by atoms with Crippen LogP contribution in [0, 0.1) is 16.0 Å². The molecular formula is C12H16ClN3O4S. The molecule has 1 saturated heterocycles. The molecule has 1 aliphatic heterocycles. The van der Waals surface area contributed by atoms with Gasteiger partial charge in [-0.15, -0.1) is 0 Å². The number of nitro benzene ring substituents is 1. The van der Waals surface area contributed by atoms with E-state index in [4.69, 9.17) is 11.6 Å². The Morgan fingerprint density at radius 1 is 1.38 bits per heavy atom. The van der Waals surface area contributed by atoms with Gasteiger partial charge >= 0.3 is 0 Å². The molecule has 1 heterocycles. The van der Waals surface area contributed by atoms with Crippen molar-refractivity contribution in [2.45, 2.75) is 12.8 Å². The van der Waals surface area contributed by atoms with Crippen LogP contribution in [0.1, 0.15) is 12.8 Å². The van der Waals surface area contributed by atoms with Gasteiger partial charge in [-0.2, -0.15) is 0 Å². The van der Waals surface area contributed by atoms with E-state index in [2.05, 4.69) is 10.0 Å². The maximum atomic E-state index is 12.1. The van der Waals surface area contributed by atoms with E-state index in [1.165, 1.54) is 12.1 Å². The van der Waals surface area contributed by atoms with Gasteiger partial charge in [0, 0.05) is 12.1 Å². The number of hydrogen-bond donors (Lipinski definition) is 2. The summed E-state index contributed by atoms with van der Waals surface area (Å²) in [5, 5.41) is 14.0. The molecule has 0 aromatic heterocycles. The van der Waals surface area contributed by atoms with E-state index in [-0.39, 0.29) is 28.1 Å². The van der Waals surface area contributed by atoms with Crippen LogP contribution in [0.15, 0.2) is 18.2 Å². The van der Waals surface area contributed by atoms with E-state index in [9.17, 15) is 18.5 Å². The molecule has 116 valence electrons. The number of benzene rings is 1. The number of sulfonamides is 1. The number of nitro groups is 1. The molecule has 1 fully saturated rings. The highest BCUT2D eigenvalue weighted by Crippen LogP contribution is 2.28. The van der Waals surface area contributed by atoms with Crippen LogP contribution >= 0.6 is 11.6 Å². The third-order valence-electron chi connectivity index (χ3n) is 3.34. The fourth-order valence-corrected chi connectivity index (χ4v) is 4.03. The number of halogens is 1. The van der Waals surface area contributed by atoms with Crippen LogP contribution in [-0.2, 0) is 10.0 Å². The smallest absolute Gasteiger partial charge is 0.271 e. The highest BCUT2D eigenvalue weighted by molar-refractivity contribution is 7.92. The lowest BCUT2D eigenvalue weighted by molar-refractivity contribution is -0.384. The van der Waals surface area contributed by atoms with Gasteiger partial charge in [-0.3, -0.25) is 14.8 Å². The van der Waals surface area contributed by atoms with E-state index >= 15 is 0 Å². The van der Waals surface area contributed by atoms with Gasteiger partial charge in [-0.1, -0.05) is 11.6 Å². The zero-order chi connectivity index (χ0) is 15.5. The van der Waals surface area contributed by atoms with Crippen molar-refractivity contribution in [2.24, 2.45) is 5.92 Å². The topological polar surface area (TPSA) is 101 Å². The summed E-state index contributed by atoms with van der Waals surface area (Å²) in [7, 11) is -3.58. The maximum absolute atomic E-state index is 12.1. The Bertz CT molecular complexity index is 629. The predicted octanol–water partition coefficient (Wildman–Crippen LogP) is 1.99. The Kier molecular flexibility index (Phi) is 5.02. The van der Waals surface area contributed by atoms with Crippen molar-refractivity contribution in [1.82, 2.24) is 5.32 Å². The van der Waals surface area contributed by atoms with Crippen molar-refractivity contribution in [2.75, 3.05) is 23.6 Å². The van der Waals surface area contributed by atoms with Gasteiger partial charge < -0.3 is 5.32 Å². The van der Waals surface area contributed by atoms with E-state index in [1.54, 1.807) is 0 Å². The molecule has 1 aliphatic rings. The van der Waals surface area contributed by atoms with Crippen molar-refractivity contribution in [3.8, 4) is 0 Å². The van der Waals surface area contributed by atoms with Crippen LogP contribution in [0.4, 0.5) is 11.4 Å². The number of rotatable bonds is 5. The van der Waals surface area contributed by atoms with Crippen LogP contribution in [0.5, 0.6) is 0 Å². The number of anilines is 1. The first-order valence-corrected chi connectivity index (χ1v) is 8.55. The van der Waals surface area contributed by atoms with Gasteiger partial charge in [-0.25, -0.2) is 8.42 Å². The molecule has 0 atom stereocenters. The first-order valence-electron chi connectivity index (χ1n) is 6.52. The van der Waals surface area contributed by atoms with Gasteiger partial charge in [0.05, 0.1) is 21.4 Å². The van der Waals surface area contributed by atoms with Crippen molar-refractivity contribution < 1.29 is 13.3 Å². The molecule has 1 aromatic rings. The number of piperidine rings is 1. The molecule has 0 radical (unpaired) electrons. The minimum atomic E-state index is -3.58. The summed E-state index contributed by atoms with van der Waals surface area (Å²) in [6, 6.07) is 3.66. The highest BCUT2D eigenvalue weighted by atomic mass is 35.5. The van der Waals surface area contributed by atoms with Gasteiger partial charge in [0.25, 0.3) is 5.69 Å². The lowest BCUT2D eigenvalue weighted by Gasteiger charge is -2.22. The Balaban J connectivity index is 2.12. The Morgan fingerprint density at radius 3 is 2.67 bits per heavy atom. The SMILES string of the molecule is O=[N+]([O-])c1ccc(Cl)c(NS(=O)(=O)CC2CCNCC2)c1. The average molecular weight is 334 g/mol. The second kappa shape index (κ2) is 6.59. The second-order valence-corrected chi connectivity index (χ2v) is 7.17. The molecule has 0 bridgehead atoms. The van der Waals surface area contributed by atoms with Crippen molar-refractivity contribution in [3.63, 3.8) is 0 Å². The number of hydrogen-bond acceptors (Lipinski definition) is 5. The molecule has 1 aromatic carbocycles. The molecule has 9 heteroatoms. The van der Waals surface area contributed by atoms with Crippen LogP contribution in [-0.4, -0.2) is 32.2 Å². The second-order valence-electron chi connectivity index (χ2n) is 5.00. The number of nitrogens with zero attached hydrogens (tertiary/aromatic N) is 1. The predicted molar refractivity (Wildman–Crippen MR) is 81.1 cm³/mol. The summed E-state index contributed by atoms with van der Waals surface area (Å²) < 4.78 is 26.6. The van der Waals surface area contributed by atoms with Crippen molar-refractivity contribution in [3.05, 3.63) is 33.3 Å². The van der Waals surface area contributed by atoms with Gasteiger partial charge in [0.2, 0.25) is 10.0 Å². The van der Waals surface area contributed by atoms with Crippen molar-refractivity contribution in [1.29, 1.82) is 0 Å². The van der Waals surface area contributed by atoms with Gasteiger partial charge in [-0.05, 0) is 37.9 Å². The summed E-state index contributed by atoms with van der Waals surface area (Å²) >= 11 is 5.89. The summed E-state index contributed by atoms with van der Waals surface area (Å²) in [6.45, 7) is 1.61. The molecular weight excluding hydrogens is 318 g/mol. The summed E-state index contributed by atoms with van der Waals surface area (Å²) in [6.07, 6.45) is 1.59. The molecule has 0 amide bonds. The molecule has 0 unspecified atom stereocenters. The Hall–Kier alpha value is -1.38. The number of nitrogens with one attached hydrogen (secondary N) is 2. The average Bonchev–Trinajstić information content (AvgIpc) is 2.41. The van der Waals surface area contributed by atoms with Crippen LogP contribution in [0.3, 0.4) is 0 Å². The van der Waals surface area contributed by atoms with Crippen LogP contribution < -0.4 is 10.0 Å². The monoisotopic (exact) mass is 333 g/mol. The first-order chi connectivity index (χ1) is 9.87. The largest absolute Gasteiger partial charge is 0.317 e. The third-order valence-corrected chi connectivity index (χ3v) is 5.11. The lowest BCUT2D eigenvalue weighted by atomic mass is 10.0. The Morgan fingerprint density at radius 2 is 2.05 bits per heavy atom. The standard InChI is InChI=1S/C12H16ClN3O4S/c13-11-2-1-10(16(17)18)7-12(11)15-21(19,20)8-9-3-5-14-6-4-9/h1-2,7,9,14-15H,3-6,8H2. The lowest BCUT2D eigenvalue weighted by Crippen LogP contribution is -2.33. The van der Waals surface area contributed by atoms with E-state index in [0.717, 1.165) is 32.0 Å². The minimum Gasteiger partial charge on any atom is -0.317 e. The maximum Gasteiger partial charge on any atom is 0.271 e. The molecule has 0 saturated carbocycles. The van der Waals surface area contributed by atoms with Gasteiger partial charge in [0.15, 0.2) is 0 Å². The summed E-state index contributed by atoms with van der Waals surface area (Å²) in [5.41, 5.74) is -0.168. The Labute approximate surface area is 127 Å². The minimum absolute atomic E-state index is 0.00625.